The Kier molecular flexibility index (Phi) is 5.52. The summed E-state index contributed by atoms with van der Waals surface area (Å²) in [6, 6.07) is 0. The fourth-order valence-corrected chi connectivity index (χ4v) is 8.19. The van der Waals surface area contributed by atoms with E-state index in [9.17, 15) is 15.0 Å². The van der Waals surface area contributed by atoms with Crippen LogP contribution in [0.3, 0.4) is 0 Å². The van der Waals surface area contributed by atoms with Gasteiger partial charge in [0.25, 0.3) is 0 Å². The van der Waals surface area contributed by atoms with E-state index in [-0.39, 0.29) is 41.2 Å². The van der Waals surface area contributed by atoms with Gasteiger partial charge in [0.05, 0.1) is 18.3 Å². The summed E-state index contributed by atoms with van der Waals surface area (Å²) >= 11 is 1.79. The molecule has 0 saturated heterocycles. The Morgan fingerprint density at radius 2 is 1.89 bits per heavy atom. The monoisotopic (exact) mass is 408 g/mol. The third-order valence-electron chi connectivity index (χ3n) is 9.05. The smallest absolute Gasteiger partial charge is 0.159 e. The fraction of sp³-hybridized carbons (Fsp3) is 0.870. The molecule has 4 nitrogen and oxygen atoms in total. The van der Waals surface area contributed by atoms with Gasteiger partial charge < -0.3 is 15.3 Å². The lowest BCUT2D eigenvalue weighted by Crippen LogP contribution is -2.59. The zero-order valence-corrected chi connectivity index (χ0v) is 18.1. The molecule has 0 radical (unpaired) electrons. The number of thioether (sulfide) groups is 1. The largest absolute Gasteiger partial charge is 0.396 e. The zero-order valence-electron chi connectivity index (χ0n) is 17.3. The van der Waals surface area contributed by atoms with Gasteiger partial charge in [-0.3, -0.25) is 4.79 Å². The van der Waals surface area contributed by atoms with E-state index in [2.05, 4.69) is 13.8 Å². The molecule has 6 unspecified atom stereocenters. The van der Waals surface area contributed by atoms with Crippen LogP contribution in [0.5, 0.6) is 0 Å². The van der Waals surface area contributed by atoms with Gasteiger partial charge in [-0.15, -0.1) is 0 Å². The summed E-state index contributed by atoms with van der Waals surface area (Å²) in [6.45, 7) is 4.66. The summed E-state index contributed by atoms with van der Waals surface area (Å²) in [7, 11) is 0. The SMILES string of the molecule is CC12CC(O)CCC1C(=O)C=C1C2CCC2(C)C(CCSCCO)CC[C@@]12O. The van der Waals surface area contributed by atoms with Crippen molar-refractivity contribution < 1.29 is 20.1 Å². The maximum Gasteiger partial charge on any atom is 0.159 e. The highest BCUT2D eigenvalue weighted by atomic mass is 32.2. The highest BCUT2D eigenvalue weighted by molar-refractivity contribution is 7.99. The third-order valence-corrected chi connectivity index (χ3v) is 10.0. The number of fused-ring (bicyclic) bond motifs is 5. The van der Waals surface area contributed by atoms with Crippen LogP contribution < -0.4 is 0 Å². The Labute approximate surface area is 173 Å². The van der Waals surface area contributed by atoms with Gasteiger partial charge in [0.15, 0.2) is 5.78 Å². The normalized spacial score (nSPS) is 47.9. The van der Waals surface area contributed by atoms with Crippen molar-refractivity contribution in [3.05, 3.63) is 11.6 Å². The predicted octanol–water partition coefficient (Wildman–Crippen LogP) is 3.34. The van der Waals surface area contributed by atoms with Crippen LogP contribution in [0.1, 0.15) is 65.2 Å². The van der Waals surface area contributed by atoms with Gasteiger partial charge in [-0.2, -0.15) is 11.8 Å². The molecule has 0 aliphatic heterocycles. The average Bonchev–Trinajstić information content (AvgIpc) is 2.90. The van der Waals surface area contributed by atoms with Crippen molar-refractivity contribution in [2.45, 2.75) is 76.9 Å². The minimum absolute atomic E-state index is 0.00434. The standard InChI is InChI=1S/C23H36O4S/c1-21-14-16(25)3-4-18(21)20(26)13-19-17(21)6-8-22(2)15(5-9-23(19,22)27)7-11-28-12-10-24/h13,15-18,24-25,27H,3-12,14H2,1-2H3/t15?,16?,17?,18?,21?,22?,23-/m1/s1. The van der Waals surface area contributed by atoms with E-state index in [1.54, 1.807) is 11.8 Å². The van der Waals surface area contributed by atoms with Crippen LogP contribution in [-0.4, -0.2) is 50.9 Å². The van der Waals surface area contributed by atoms with Crippen LogP contribution in [0.2, 0.25) is 0 Å². The van der Waals surface area contributed by atoms with E-state index in [1.165, 1.54) is 0 Å². The highest BCUT2D eigenvalue weighted by Gasteiger charge is 2.65. The zero-order chi connectivity index (χ0) is 20.2. The number of carbonyl (C=O) groups is 1. The van der Waals surface area contributed by atoms with Gasteiger partial charge >= 0.3 is 0 Å². The van der Waals surface area contributed by atoms with Crippen LogP contribution in [0, 0.1) is 28.6 Å². The van der Waals surface area contributed by atoms with Crippen molar-refractivity contribution in [2.75, 3.05) is 18.1 Å². The quantitative estimate of drug-likeness (QED) is 0.608. The van der Waals surface area contributed by atoms with Crippen LogP contribution in [0.25, 0.3) is 0 Å². The molecule has 0 amide bonds. The van der Waals surface area contributed by atoms with Crippen LogP contribution in [-0.2, 0) is 4.79 Å². The van der Waals surface area contributed by atoms with E-state index in [1.807, 2.05) is 6.08 Å². The number of allylic oxidation sites excluding steroid dienone is 1. The molecule has 3 fully saturated rings. The van der Waals surface area contributed by atoms with E-state index >= 15 is 0 Å². The first-order valence-corrected chi connectivity index (χ1v) is 12.3. The molecule has 0 spiro atoms. The summed E-state index contributed by atoms with van der Waals surface area (Å²) < 4.78 is 0. The molecule has 4 aliphatic rings. The van der Waals surface area contributed by atoms with Crippen LogP contribution in [0.4, 0.5) is 0 Å². The van der Waals surface area contributed by atoms with Gasteiger partial charge in [-0.25, -0.2) is 0 Å². The predicted molar refractivity (Wildman–Crippen MR) is 112 cm³/mol. The second-order valence-corrected chi connectivity index (χ2v) is 11.4. The number of hydrogen-bond acceptors (Lipinski definition) is 5. The van der Waals surface area contributed by atoms with Gasteiger partial charge in [0.2, 0.25) is 0 Å². The average molecular weight is 409 g/mol. The Balaban J connectivity index is 1.62. The summed E-state index contributed by atoms with van der Waals surface area (Å²) in [5.41, 5.74) is -0.282. The van der Waals surface area contributed by atoms with Crippen molar-refractivity contribution in [1.29, 1.82) is 0 Å². The topological polar surface area (TPSA) is 77.8 Å². The summed E-state index contributed by atoms with van der Waals surface area (Å²) in [6.07, 6.45) is 8.50. The van der Waals surface area contributed by atoms with Crippen molar-refractivity contribution in [3.8, 4) is 0 Å². The molecule has 3 saturated carbocycles. The Bertz CT molecular complexity index is 663. The first-order chi connectivity index (χ1) is 13.3. The molecule has 7 atom stereocenters. The number of ketones is 1. The molecular formula is C23H36O4S. The van der Waals surface area contributed by atoms with Crippen molar-refractivity contribution >= 4 is 17.5 Å². The minimum Gasteiger partial charge on any atom is -0.396 e. The van der Waals surface area contributed by atoms with Crippen molar-refractivity contribution in [3.63, 3.8) is 0 Å². The Hall–Kier alpha value is -0.360. The fourth-order valence-electron chi connectivity index (χ4n) is 7.40. The van der Waals surface area contributed by atoms with E-state index < -0.39 is 5.60 Å². The molecule has 3 N–H and O–H groups in total. The maximum absolute atomic E-state index is 13.1. The molecule has 0 heterocycles. The second kappa shape index (κ2) is 7.40. The lowest BCUT2D eigenvalue weighted by molar-refractivity contribution is -0.140. The maximum atomic E-state index is 13.1. The summed E-state index contributed by atoms with van der Waals surface area (Å²) in [5.74, 6) is 2.65. The van der Waals surface area contributed by atoms with E-state index in [0.717, 1.165) is 62.0 Å². The third kappa shape index (κ3) is 2.95. The number of rotatable bonds is 5. The molecule has 28 heavy (non-hydrogen) atoms. The van der Waals surface area contributed by atoms with Gasteiger partial charge in [0.1, 0.15) is 0 Å². The molecule has 0 aromatic heterocycles. The first kappa shape index (κ1) is 20.9. The molecular weight excluding hydrogens is 372 g/mol. The molecule has 0 aromatic rings. The van der Waals surface area contributed by atoms with Crippen LogP contribution in [0.15, 0.2) is 11.6 Å². The minimum atomic E-state index is -0.881. The molecule has 158 valence electrons. The van der Waals surface area contributed by atoms with Crippen LogP contribution >= 0.6 is 11.8 Å². The second-order valence-electron chi connectivity index (χ2n) is 10.2. The van der Waals surface area contributed by atoms with E-state index in [4.69, 9.17) is 5.11 Å². The molecule has 5 heteroatoms. The molecule has 4 rings (SSSR count). The molecule has 0 aromatic carbocycles. The van der Waals surface area contributed by atoms with E-state index in [0.29, 0.717) is 12.3 Å². The van der Waals surface area contributed by atoms with Crippen molar-refractivity contribution in [1.82, 2.24) is 0 Å². The number of carbonyl (C=O) groups excluding carboxylic acids is 1. The lowest BCUT2D eigenvalue weighted by Gasteiger charge is -2.59. The number of aliphatic hydroxyl groups is 3. The van der Waals surface area contributed by atoms with Gasteiger partial charge in [0, 0.05) is 17.1 Å². The molecule has 4 aliphatic carbocycles. The highest BCUT2D eigenvalue weighted by Crippen LogP contribution is 2.67. The summed E-state index contributed by atoms with van der Waals surface area (Å²) in [5, 5.41) is 31.4. The van der Waals surface area contributed by atoms with Crippen molar-refractivity contribution in [2.24, 2.45) is 28.6 Å². The number of hydrogen-bond donors (Lipinski definition) is 3. The summed E-state index contributed by atoms with van der Waals surface area (Å²) in [4.78, 5) is 13.1. The first-order valence-electron chi connectivity index (χ1n) is 11.1. The number of aliphatic hydroxyl groups excluding tert-OH is 2. The Morgan fingerprint density at radius 1 is 1.11 bits per heavy atom. The molecule has 0 bridgehead atoms. The van der Waals surface area contributed by atoms with Gasteiger partial charge in [-0.05, 0) is 86.0 Å². The lowest BCUT2D eigenvalue weighted by atomic mass is 9.46. The van der Waals surface area contributed by atoms with Gasteiger partial charge in [-0.1, -0.05) is 13.8 Å². The Morgan fingerprint density at radius 3 is 2.64 bits per heavy atom.